The summed E-state index contributed by atoms with van der Waals surface area (Å²) in [6.45, 7) is 11.2. The molecule has 0 radical (unpaired) electrons. The van der Waals surface area contributed by atoms with E-state index < -0.39 is 0 Å². The third-order valence-corrected chi connectivity index (χ3v) is 6.29. The van der Waals surface area contributed by atoms with Crippen molar-refractivity contribution < 1.29 is 9.53 Å². The fraction of sp³-hybridized carbons (Fsp3) is 0.850. The highest BCUT2D eigenvalue weighted by molar-refractivity contribution is 5.86. The maximum Gasteiger partial charge on any atom is 0.333 e. The minimum absolute atomic E-state index is 0.269. The molecule has 4 heteroatoms. The molecule has 1 aliphatic heterocycles. The van der Waals surface area contributed by atoms with Crippen LogP contribution in [0.4, 0.5) is 0 Å². The number of rotatable bonds is 7. The van der Waals surface area contributed by atoms with E-state index in [0.29, 0.717) is 12.2 Å². The van der Waals surface area contributed by atoms with Crippen LogP contribution < -0.4 is 0 Å². The van der Waals surface area contributed by atoms with Crippen molar-refractivity contribution >= 4 is 5.97 Å². The molecule has 1 saturated heterocycles. The van der Waals surface area contributed by atoms with Crippen LogP contribution in [0.15, 0.2) is 12.2 Å². The van der Waals surface area contributed by atoms with Gasteiger partial charge in [-0.1, -0.05) is 32.3 Å². The van der Waals surface area contributed by atoms with E-state index in [9.17, 15) is 4.79 Å². The molecule has 0 aromatic rings. The Morgan fingerprint density at radius 3 is 2.58 bits per heavy atom. The van der Waals surface area contributed by atoms with Gasteiger partial charge in [0.1, 0.15) is 6.61 Å². The van der Waals surface area contributed by atoms with E-state index in [2.05, 4.69) is 16.4 Å². The lowest BCUT2D eigenvalue weighted by atomic mass is 9.89. The van der Waals surface area contributed by atoms with E-state index >= 15 is 0 Å². The summed E-state index contributed by atoms with van der Waals surface area (Å²) in [6.07, 6.45) is 10.3. The first kappa shape index (κ1) is 17.9. The molecule has 24 heavy (non-hydrogen) atoms. The summed E-state index contributed by atoms with van der Waals surface area (Å²) >= 11 is 0. The van der Waals surface area contributed by atoms with Gasteiger partial charge in [0.2, 0.25) is 0 Å². The smallest absolute Gasteiger partial charge is 0.333 e. The quantitative estimate of drug-likeness (QED) is 0.528. The molecule has 0 spiro atoms. The normalized spacial score (nSPS) is 29.4. The van der Waals surface area contributed by atoms with Crippen molar-refractivity contribution in [2.75, 3.05) is 39.5 Å². The van der Waals surface area contributed by atoms with Gasteiger partial charge in [-0.3, -0.25) is 9.80 Å². The Labute approximate surface area is 147 Å². The largest absolute Gasteiger partial charge is 0.461 e. The molecule has 3 rings (SSSR count). The molecule has 0 aromatic heterocycles. The highest BCUT2D eigenvalue weighted by Crippen LogP contribution is 2.42. The van der Waals surface area contributed by atoms with Gasteiger partial charge in [0, 0.05) is 31.8 Å². The molecule has 4 nitrogen and oxygen atoms in total. The topological polar surface area (TPSA) is 32.8 Å². The number of esters is 1. The molecule has 0 bridgehead atoms. The molecule has 0 N–H and O–H groups in total. The minimum Gasteiger partial charge on any atom is -0.461 e. The predicted molar refractivity (Wildman–Crippen MR) is 96.6 cm³/mol. The van der Waals surface area contributed by atoms with Crippen LogP contribution in [-0.4, -0.2) is 55.2 Å². The fourth-order valence-corrected chi connectivity index (χ4v) is 4.93. The summed E-state index contributed by atoms with van der Waals surface area (Å²) in [5.41, 5.74) is 0.482. The second-order valence-corrected chi connectivity index (χ2v) is 8.24. The van der Waals surface area contributed by atoms with Crippen molar-refractivity contribution in [2.45, 2.75) is 51.9 Å². The van der Waals surface area contributed by atoms with Crippen LogP contribution in [0.2, 0.25) is 0 Å². The molecule has 3 aliphatic rings. The minimum atomic E-state index is -0.269. The van der Waals surface area contributed by atoms with Crippen molar-refractivity contribution in [3.05, 3.63) is 12.2 Å². The maximum absolute atomic E-state index is 11.4. The summed E-state index contributed by atoms with van der Waals surface area (Å²) in [6, 6.07) is 0. The number of hydrogen-bond acceptors (Lipinski definition) is 4. The first-order valence-electron chi connectivity index (χ1n) is 9.89. The molecular weight excluding hydrogens is 300 g/mol. The molecule has 2 unspecified atom stereocenters. The van der Waals surface area contributed by atoms with Crippen molar-refractivity contribution in [2.24, 2.45) is 17.8 Å². The Hall–Kier alpha value is -0.870. The highest BCUT2D eigenvalue weighted by Gasteiger charge is 2.33. The molecule has 1 heterocycles. The summed E-state index contributed by atoms with van der Waals surface area (Å²) < 4.78 is 5.21. The third-order valence-electron chi connectivity index (χ3n) is 6.29. The van der Waals surface area contributed by atoms with E-state index in [0.717, 1.165) is 37.5 Å². The lowest BCUT2D eigenvalue weighted by Gasteiger charge is -2.22. The highest BCUT2D eigenvalue weighted by atomic mass is 16.5. The summed E-state index contributed by atoms with van der Waals surface area (Å²) in [5, 5.41) is 0. The van der Waals surface area contributed by atoms with Gasteiger partial charge in [0.05, 0.1) is 6.67 Å². The number of nitrogens with zero attached hydrogens (tertiary/aromatic N) is 2. The number of hydrogen-bond donors (Lipinski definition) is 0. The van der Waals surface area contributed by atoms with Gasteiger partial charge in [-0.2, -0.15) is 0 Å². The number of carbonyl (C=O) groups is 1. The first-order chi connectivity index (χ1) is 11.6. The Bertz CT molecular complexity index is 445. The van der Waals surface area contributed by atoms with Crippen molar-refractivity contribution in [1.29, 1.82) is 0 Å². The van der Waals surface area contributed by atoms with Crippen LogP contribution in [0.3, 0.4) is 0 Å². The Morgan fingerprint density at radius 2 is 1.83 bits per heavy atom. The van der Waals surface area contributed by atoms with E-state index in [-0.39, 0.29) is 5.97 Å². The lowest BCUT2D eigenvalue weighted by Crippen LogP contribution is -2.31. The average molecular weight is 335 g/mol. The van der Waals surface area contributed by atoms with Crippen LogP contribution in [0, 0.1) is 17.8 Å². The monoisotopic (exact) mass is 334 g/mol. The maximum atomic E-state index is 11.4. The number of carbonyl (C=O) groups excluding carboxylic acids is 1. The van der Waals surface area contributed by atoms with Gasteiger partial charge >= 0.3 is 5.97 Å². The van der Waals surface area contributed by atoms with Gasteiger partial charge < -0.3 is 4.74 Å². The summed E-state index contributed by atoms with van der Waals surface area (Å²) in [5.74, 6) is 2.72. The first-order valence-corrected chi connectivity index (χ1v) is 9.89. The zero-order chi connectivity index (χ0) is 16.9. The van der Waals surface area contributed by atoms with E-state index in [4.69, 9.17) is 4.74 Å². The van der Waals surface area contributed by atoms with Crippen LogP contribution in [0.25, 0.3) is 0 Å². The third kappa shape index (κ3) is 4.82. The van der Waals surface area contributed by atoms with E-state index in [1.54, 1.807) is 6.92 Å². The van der Waals surface area contributed by atoms with Crippen LogP contribution in [0.5, 0.6) is 0 Å². The fourth-order valence-electron chi connectivity index (χ4n) is 4.93. The zero-order valence-electron chi connectivity index (χ0n) is 15.3. The zero-order valence-corrected chi connectivity index (χ0v) is 15.3. The Morgan fingerprint density at radius 1 is 1.08 bits per heavy atom. The number of ether oxygens (including phenoxy) is 1. The van der Waals surface area contributed by atoms with Crippen molar-refractivity contribution in [3.63, 3.8) is 0 Å². The summed E-state index contributed by atoms with van der Waals surface area (Å²) in [4.78, 5) is 16.4. The van der Waals surface area contributed by atoms with Gasteiger partial charge in [-0.05, 0) is 43.9 Å². The molecule has 3 fully saturated rings. The second-order valence-electron chi connectivity index (χ2n) is 8.24. The molecule has 2 saturated carbocycles. The van der Waals surface area contributed by atoms with Crippen LogP contribution in [-0.2, 0) is 9.53 Å². The lowest BCUT2D eigenvalue weighted by molar-refractivity contribution is -0.139. The Kier molecular flexibility index (Phi) is 6.34. The van der Waals surface area contributed by atoms with E-state index in [1.165, 1.54) is 58.0 Å². The second kappa shape index (κ2) is 8.48. The molecule has 2 atom stereocenters. The predicted octanol–water partition coefficient (Wildman–Crippen LogP) is 3.29. The van der Waals surface area contributed by atoms with E-state index in [1.807, 2.05) is 0 Å². The SMILES string of the molecule is C=C(C)C(=O)OCCN1CCN(CC2CCC(C3CCCC3)C2)C1. The van der Waals surface area contributed by atoms with Gasteiger partial charge in [-0.15, -0.1) is 0 Å². The van der Waals surface area contributed by atoms with Crippen molar-refractivity contribution in [1.82, 2.24) is 9.80 Å². The molecule has 0 amide bonds. The molecule has 0 aromatic carbocycles. The van der Waals surface area contributed by atoms with Crippen molar-refractivity contribution in [3.8, 4) is 0 Å². The molecule has 2 aliphatic carbocycles. The summed E-state index contributed by atoms with van der Waals surface area (Å²) in [7, 11) is 0. The van der Waals surface area contributed by atoms with Gasteiger partial charge in [0.25, 0.3) is 0 Å². The van der Waals surface area contributed by atoms with Crippen LogP contribution in [0.1, 0.15) is 51.9 Å². The average Bonchev–Trinajstić information content (AvgIpc) is 3.28. The Balaban J connectivity index is 1.31. The van der Waals surface area contributed by atoms with Gasteiger partial charge in [-0.25, -0.2) is 4.79 Å². The molecule has 136 valence electrons. The van der Waals surface area contributed by atoms with Crippen LogP contribution >= 0.6 is 0 Å². The molecular formula is C20H34N2O2. The standard InChI is InChI=1S/C20H34N2O2/c1-16(2)20(23)24-12-11-21-9-10-22(15-21)14-17-7-8-19(13-17)18-5-3-4-6-18/h17-19H,1,3-15H2,2H3. The van der Waals surface area contributed by atoms with Gasteiger partial charge in [0.15, 0.2) is 0 Å².